The maximum Gasteiger partial charge on any atom is 0.213 e. The summed E-state index contributed by atoms with van der Waals surface area (Å²) < 4.78 is 11.4. The first-order chi connectivity index (χ1) is 9.81. The highest BCUT2D eigenvalue weighted by molar-refractivity contribution is 5.18. The molecule has 1 N–H and O–H groups in total. The van der Waals surface area contributed by atoms with Gasteiger partial charge in [-0.2, -0.15) is 0 Å². The van der Waals surface area contributed by atoms with E-state index >= 15 is 0 Å². The van der Waals surface area contributed by atoms with Crippen LogP contribution in [-0.2, 0) is 11.3 Å². The summed E-state index contributed by atoms with van der Waals surface area (Å²) in [5, 5.41) is 3.37. The van der Waals surface area contributed by atoms with Crippen LogP contribution in [0.15, 0.2) is 18.3 Å². The Morgan fingerprint density at radius 2 is 2.15 bits per heavy atom. The van der Waals surface area contributed by atoms with Crippen LogP contribution in [0.3, 0.4) is 0 Å². The van der Waals surface area contributed by atoms with Gasteiger partial charge in [0.15, 0.2) is 0 Å². The van der Waals surface area contributed by atoms with Gasteiger partial charge in [-0.15, -0.1) is 0 Å². The molecule has 0 radical (unpaired) electrons. The van der Waals surface area contributed by atoms with Crippen molar-refractivity contribution in [1.82, 2.24) is 10.3 Å². The maximum atomic E-state index is 5.96. The molecule has 1 fully saturated rings. The Morgan fingerprint density at radius 1 is 1.30 bits per heavy atom. The Kier molecular flexibility index (Phi) is 6.27. The second-order valence-electron chi connectivity index (χ2n) is 5.45. The van der Waals surface area contributed by atoms with E-state index in [0.717, 1.165) is 44.7 Å². The highest BCUT2D eigenvalue weighted by atomic mass is 16.5. The Morgan fingerprint density at radius 3 is 2.85 bits per heavy atom. The van der Waals surface area contributed by atoms with E-state index in [0.29, 0.717) is 6.10 Å². The highest BCUT2D eigenvalue weighted by Gasteiger charge is 2.23. The van der Waals surface area contributed by atoms with Gasteiger partial charge >= 0.3 is 0 Å². The van der Waals surface area contributed by atoms with Gasteiger partial charge in [-0.25, -0.2) is 4.98 Å². The van der Waals surface area contributed by atoms with E-state index in [2.05, 4.69) is 23.3 Å². The Labute approximate surface area is 121 Å². The molecule has 0 amide bonds. The summed E-state index contributed by atoms with van der Waals surface area (Å²) in [5.74, 6) is 0.728. The van der Waals surface area contributed by atoms with Crippen LogP contribution in [0.1, 0.15) is 44.6 Å². The molecule has 4 nitrogen and oxygen atoms in total. The second kappa shape index (κ2) is 8.22. The third-order valence-electron chi connectivity index (χ3n) is 3.75. The molecule has 1 aliphatic rings. The van der Waals surface area contributed by atoms with E-state index < -0.39 is 0 Å². The van der Waals surface area contributed by atoms with Gasteiger partial charge in [-0.1, -0.05) is 13.0 Å². The van der Waals surface area contributed by atoms with E-state index in [1.54, 1.807) is 7.11 Å². The number of methoxy groups -OCH3 is 1. The fraction of sp³-hybridized carbons (Fsp3) is 0.688. The van der Waals surface area contributed by atoms with Crippen LogP contribution in [-0.4, -0.2) is 30.8 Å². The van der Waals surface area contributed by atoms with Gasteiger partial charge in [-0.05, 0) is 37.8 Å². The Balaban J connectivity index is 1.80. The van der Waals surface area contributed by atoms with Crippen molar-refractivity contribution in [2.24, 2.45) is 0 Å². The number of nitrogens with zero attached hydrogens (tertiary/aromatic N) is 1. The van der Waals surface area contributed by atoms with Crippen molar-refractivity contribution in [3.05, 3.63) is 23.9 Å². The average Bonchev–Trinajstić information content (AvgIpc) is 2.49. The Bertz CT molecular complexity index is 381. The van der Waals surface area contributed by atoms with Gasteiger partial charge in [0.1, 0.15) is 6.10 Å². The van der Waals surface area contributed by atoms with Crippen molar-refractivity contribution >= 4 is 0 Å². The molecule has 0 bridgehead atoms. The molecular weight excluding hydrogens is 252 g/mol. The zero-order chi connectivity index (χ0) is 14.2. The lowest BCUT2D eigenvalue weighted by atomic mass is 9.95. The molecule has 1 aromatic heterocycles. The van der Waals surface area contributed by atoms with E-state index in [1.807, 2.05) is 12.3 Å². The molecule has 20 heavy (non-hydrogen) atoms. The topological polar surface area (TPSA) is 43.4 Å². The quantitative estimate of drug-likeness (QED) is 0.779. The number of hydrogen-bond donors (Lipinski definition) is 1. The molecule has 1 aromatic rings. The standard InChI is InChI=1S/C16H26N2O2/c1-3-9-17-11-13-7-8-16(18-12-13)20-15-6-4-5-14(10-15)19-2/h7-8,12,14-15,17H,3-6,9-11H2,1-2H3. The summed E-state index contributed by atoms with van der Waals surface area (Å²) in [7, 11) is 1.78. The minimum Gasteiger partial charge on any atom is -0.474 e. The van der Waals surface area contributed by atoms with E-state index in [1.165, 1.54) is 12.0 Å². The largest absolute Gasteiger partial charge is 0.474 e. The van der Waals surface area contributed by atoms with Crippen molar-refractivity contribution in [2.75, 3.05) is 13.7 Å². The van der Waals surface area contributed by atoms with E-state index in [9.17, 15) is 0 Å². The van der Waals surface area contributed by atoms with Gasteiger partial charge in [0, 0.05) is 32.3 Å². The first kappa shape index (κ1) is 15.3. The molecule has 0 aromatic carbocycles. The van der Waals surface area contributed by atoms with Gasteiger partial charge in [0.05, 0.1) is 6.10 Å². The molecule has 2 unspecified atom stereocenters. The van der Waals surface area contributed by atoms with Gasteiger partial charge < -0.3 is 14.8 Å². The predicted molar refractivity (Wildman–Crippen MR) is 79.9 cm³/mol. The molecule has 2 atom stereocenters. The lowest BCUT2D eigenvalue weighted by molar-refractivity contribution is 0.0195. The molecule has 4 heteroatoms. The number of ether oxygens (including phenoxy) is 2. The van der Waals surface area contributed by atoms with Crippen molar-refractivity contribution in [3.8, 4) is 5.88 Å². The highest BCUT2D eigenvalue weighted by Crippen LogP contribution is 2.24. The van der Waals surface area contributed by atoms with Crippen LogP contribution >= 0.6 is 0 Å². The zero-order valence-electron chi connectivity index (χ0n) is 12.6. The minimum absolute atomic E-state index is 0.241. The first-order valence-corrected chi connectivity index (χ1v) is 7.67. The predicted octanol–water partition coefficient (Wildman–Crippen LogP) is 2.92. The maximum absolute atomic E-state index is 5.96. The fourth-order valence-electron chi connectivity index (χ4n) is 2.59. The molecule has 1 aliphatic carbocycles. The summed E-state index contributed by atoms with van der Waals surface area (Å²) >= 11 is 0. The summed E-state index contributed by atoms with van der Waals surface area (Å²) in [5.41, 5.74) is 1.20. The smallest absolute Gasteiger partial charge is 0.213 e. The van der Waals surface area contributed by atoms with E-state index in [4.69, 9.17) is 9.47 Å². The second-order valence-corrected chi connectivity index (χ2v) is 5.45. The van der Waals surface area contributed by atoms with Crippen LogP contribution in [0.25, 0.3) is 0 Å². The molecule has 0 aliphatic heterocycles. The van der Waals surface area contributed by atoms with Crippen LogP contribution in [0.5, 0.6) is 5.88 Å². The Hall–Kier alpha value is -1.13. The molecule has 0 saturated heterocycles. The van der Waals surface area contributed by atoms with E-state index in [-0.39, 0.29) is 6.10 Å². The SMILES string of the molecule is CCCNCc1ccc(OC2CCCC(OC)C2)nc1. The van der Waals surface area contributed by atoms with Crippen molar-refractivity contribution in [1.29, 1.82) is 0 Å². The fourth-order valence-corrected chi connectivity index (χ4v) is 2.59. The molecule has 1 heterocycles. The number of hydrogen-bond acceptors (Lipinski definition) is 4. The van der Waals surface area contributed by atoms with Crippen LogP contribution < -0.4 is 10.1 Å². The van der Waals surface area contributed by atoms with Crippen molar-refractivity contribution in [3.63, 3.8) is 0 Å². The lowest BCUT2D eigenvalue weighted by Crippen LogP contribution is -2.29. The van der Waals surface area contributed by atoms with Crippen LogP contribution in [0.2, 0.25) is 0 Å². The lowest BCUT2D eigenvalue weighted by Gasteiger charge is -2.28. The summed E-state index contributed by atoms with van der Waals surface area (Å²) in [6, 6.07) is 4.06. The van der Waals surface area contributed by atoms with Crippen LogP contribution in [0, 0.1) is 0 Å². The van der Waals surface area contributed by atoms with Crippen molar-refractivity contribution < 1.29 is 9.47 Å². The molecule has 1 saturated carbocycles. The minimum atomic E-state index is 0.241. The number of aromatic nitrogens is 1. The number of rotatable bonds is 7. The summed E-state index contributed by atoms with van der Waals surface area (Å²) in [6.07, 6.45) is 8.01. The third-order valence-corrected chi connectivity index (χ3v) is 3.75. The summed E-state index contributed by atoms with van der Waals surface area (Å²) in [6.45, 7) is 4.08. The summed E-state index contributed by atoms with van der Waals surface area (Å²) in [4.78, 5) is 4.40. The monoisotopic (exact) mass is 278 g/mol. The molecule has 0 spiro atoms. The van der Waals surface area contributed by atoms with Gasteiger partial charge in [0.25, 0.3) is 0 Å². The van der Waals surface area contributed by atoms with Gasteiger partial charge in [0.2, 0.25) is 5.88 Å². The molecule has 2 rings (SSSR count). The third kappa shape index (κ3) is 4.76. The normalized spacial score (nSPS) is 22.7. The number of pyridine rings is 1. The zero-order valence-corrected chi connectivity index (χ0v) is 12.6. The molecule has 112 valence electrons. The van der Waals surface area contributed by atoms with Gasteiger partial charge in [-0.3, -0.25) is 0 Å². The molecular formula is C16H26N2O2. The van der Waals surface area contributed by atoms with Crippen LogP contribution in [0.4, 0.5) is 0 Å². The first-order valence-electron chi connectivity index (χ1n) is 7.67. The van der Waals surface area contributed by atoms with Crippen molar-refractivity contribution in [2.45, 2.75) is 57.8 Å². The average molecular weight is 278 g/mol. The number of nitrogens with one attached hydrogen (secondary N) is 1.